The number of hydrogen-bond acceptors (Lipinski definition) is 4. The molecule has 0 atom stereocenters. The molecule has 0 amide bonds. The third-order valence-corrected chi connectivity index (χ3v) is 3.21. The van der Waals surface area contributed by atoms with Crippen LogP contribution in [0.15, 0.2) is 12.4 Å². The van der Waals surface area contributed by atoms with E-state index in [1.165, 1.54) is 11.3 Å². The minimum absolute atomic E-state index is 0.494. The average Bonchev–Trinajstić information content (AvgIpc) is 2.82. The summed E-state index contributed by atoms with van der Waals surface area (Å²) in [4.78, 5) is 9.44. The van der Waals surface area contributed by atoms with Crippen LogP contribution in [0.5, 0.6) is 0 Å². The predicted octanol–water partition coefficient (Wildman–Crippen LogP) is 2.21. The van der Waals surface area contributed by atoms with Crippen molar-refractivity contribution < 1.29 is 0 Å². The van der Waals surface area contributed by atoms with Gasteiger partial charge in [-0.2, -0.15) is 5.26 Å². The molecule has 76 valence electrons. The summed E-state index contributed by atoms with van der Waals surface area (Å²) in [6.45, 7) is 4.84. The van der Waals surface area contributed by atoms with E-state index in [9.17, 15) is 0 Å². The Hall–Kier alpha value is -1.67. The second-order valence-corrected chi connectivity index (χ2v) is 4.08. The molecule has 0 aliphatic carbocycles. The molecule has 0 bridgehead atoms. The first-order valence-corrected chi connectivity index (χ1v) is 5.47. The van der Waals surface area contributed by atoms with Crippen molar-refractivity contribution in [1.82, 2.24) is 14.5 Å². The summed E-state index contributed by atoms with van der Waals surface area (Å²) in [5.41, 5.74) is 0.873. The zero-order valence-electron chi connectivity index (χ0n) is 8.56. The lowest BCUT2D eigenvalue weighted by Crippen LogP contribution is -1.95. The molecule has 0 aromatic carbocycles. The molecule has 0 spiro atoms. The molecular weight excluding hydrogens is 208 g/mol. The van der Waals surface area contributed by atoms with Crippen LogP contribution in [0.1, 0.15) is 17.6 Å². The van der Waals surface area contributed by atoms with Crippen molar-refractivity contribution in [3.05, 3.63) is 23.1 Å². The molecule has 0 fully saturated rings. The Kier molecular flexibility index (Phi) is 2.52. The van der Waals surface area contributed by atoms with Crippen molar-refractivity contribution >= 4 is 11.3 Å². The van der Waals surface area contributed by atoms with Gasteiger partial charge in [0.2, 0.25) is 0 Å². The summed E-state index contributed by atoms with van der Waals surface area (Å²) in [7, 11) is 0. The fourth-order valence-corrected chi connectivity index (χ4v) is 2.30. The van der Waals surface area contributed by atoms with Crippen molar-refractivity contribution in [3.8, 4) is 16.8 Å². The van der Waals surface area contributed by atoms with Crippen molar-refractivity contribution in [1.29, 1.82) is 5.26 Å². The van der Waals surface area contributed by atoms with Gasteiger partial charge in [-0.15, -0.1) is 0 Å². The van der Waals surface area contributed by atoms with E-state index in [1.807, 2.05) is 17.7 Å². The van der Waals surface area contributed by atoms with Gasteiger partial charge >= 0.3 is 0 Å². The Morgan fingerprint density at radius 2 is 2.40 bits per heavy atom. The number of nitriles is 1. The SMILES string of the molecule is CCn1ccnc1-c1sc(C#N)nc1C. The van der Waals surface area contributed by atoms with Gasteiger partial charge in [-0.1, -0.05) is 11.3 Å². The number of rotatable bonds is 2. The highest BCUT2D eigenvalue weighted by Gasteiger charge is 2.13. The zero-order valence-corrected chi connectivity index (χ0v) is 9.38. The summed E-state index contributed by atoms with van der Waals surface area (Å²) >= 11 is 1.39. The van der Waals surface area contributed by atoms with Gasteiger partial charge < -0.3 is 4.57 Å². The standard InChI is InChI=1S/C10H10N4S/c1-3-14-5-4-12-10(14)9-7(2)13-8(6-11)15-9/h4-5H,3H2,1-2H3. The van der Waals surface area contributed by atoms with Gasteiger partial charge in [0, 0.05) is 18.9 Å². The smallest absolute Gasteiger partial charge is 0.195 e. The minimum Gasteiger partial charge on any atom is -0.331 e. The molecule has 0 unspecified atom stereocenters. The molecule has 0 N–H and O–H groups in total. The number of imidazole rings is 1. The fraction of sp³-hybridized carbons (Fsp3) is 0.300. The van der Waals surface area contributed by atoms with E-state index in [1.54, 1.807) is 6.20 Å². The van der Waals surface area contributed by atoms with Crippen LogP contribution in [0.2, 0.25) is 0 Å². The highest BCUT2D eigenvalue weighted by molar-refractivity contribution is 7.15. The zero-order chi connectivity index (χ0) is 10.8. The summed E-state index contributed by atoms with van der Waals surface area (Å²) in [5.74, 6) is 0.897. The van der Waals surface area contributed by atoms with Crippen LogP contribution in [0.4, 0.5) is 0 Å². The summed E-state index contributed by atoms with van der Waals surface area (Å²) in [5, 5.41) is 9.26. The van der Waals surface area contributed by atoms with Gasteiger partial charge in [0.15, 0.2) is 10.8 Å². The molecular formula is C10H10N4S. The lowest BCUT2D eigenvalue weighted by molar-refractivity contribution is 0.771. The molecule has 4 nitrogen and oxygen atoms in total. The van der Waals surface area contributed by atoms with E-state index in [0.29, 0.717) is 5.01 Å². The van der Waals surface area contributed by atoms with Gasteiger partial charge in [-0.3, -0.25) is 0 Å². The van der Waals surface area contributed by atoms with Gasteiger partial charge in [0.05, 0.1) is 10.6 Å². The second kappa shape index (κ2) is 3.83. The molecule has 0 radical (unpaired) electrons. The average molecular weight is 218 g/mol. The van der Waals surface area contributed by atoms with Gasteiger partial charge in [0.25, 0.3) is 0 Å². The van der Waals surface area contributed by atoms with Crippen LogP contribution >= 0.6 is 11.3 Å². The molecule has 0 saturated heterocycles. The Morgan fingerprint density at radius 3 is 3.00 bits per heavy atom. The Balaban J connectivity index is 2.54. The maximum atomic E-state index is 8.77. The topological polar surface area (TPSA) is 54.5 Å². The summed E-state index contributed by atoms with van der Waals surface area (Å²) in [6.07, 6.45) is 3.70. The predicted molar refractivity (Wildman–Crippen MR) is 58.5 cm³/mol. The van der Waals surface area contributed by atoms with Crippen LogP contribution < -0.4 is 0 Å². The Morgan fingerprint density at radius 1 is 1.60 bits per heavy atom. The first kappa shape index (κ1) is 9.87. The first-order valence-electron chi connectivity index (χ1n) is 4.65. The normalized spacial score (nSPS) is 10.2. The summed E-state index contributed by atoms with van der Waals surface area (Å²) in [6, 6.07) is 2.06. The molecule has 5 heteroatoms. The number of thiazole rings is 1. The minimum atomic E-state index is 0.494. The highest BCUT2D eigenvalue weighted by atomic mass is 32.1. The van der Waals surface area contributed by atoms with E-state index < -0.39 is 0 Å². The van der Waals surface area contributed by atoms with Gasteiger partial charge in [-0.05, 0) is 13.8 Å². The van der Waals surface area contributed by atoms with E-state index in [0.717, 1.165) is 22.9 Å². The number of hydrogen-bond donors (Lipinski definition) is 0. The molecule has 0 aliphatic heterocycles. The third-order valence-electron chi connectivity index (χ3n) is 2.15. The van der Waals surface area contributed by atoms with E-state index in [4.69, 9.17) is 5.26 Å². The molecule has 2 heterocycles. The van der Waals surface area contributed by atoms with Crippen molar-refractivity contribution in [3.63, 3.8) is 0 Å². The quantitative estimate of drug-likeness (QED) is 0.776. The lowest BCUT2D eigenvalue weighted by Gasteiger charge is -2.01. The molecule has 15 heavy (non-hydrogen) atoms. The van der Waals surface area contributed by atoms with Crippen LogP contribution in [0.3, 0.4) is 0 Å². The van der Waals surface area contributed by atoms with Crippen molar-refractivity contribution in [2.24, 2.45) is 0 Å². The summed E-state index contributed by atoms with van der Waals surface area (Å²) < 4.78 is 2.04. The second-order valence-electron chi connectivity index (χ2n) is 3.08. The largest absolute Gasteiger partial charge is 0.331 e. The van der Waals surface area contributed by atoms with Crippen LogP contribution in [-0.2, 0) is 6.54 Å². The van der Waals surface area contributed by atoms with E-state index >= 15 is 0 Å². The fourth-order valence-electron chi connectivity index (χ4n) is 1.43. The van der Waals surface area contributed by atoms with Crippen molar-refractivity contribution in [2.45, 2.75) is 20.4 Å². The maximum absolute atomic E-state index is 8.77. The lowest BCUT2D eigenvalue weighted by atomic mass is 10.4. The molecule has 0 saturated carbocycles. The molecule has 2 rings (SSSR count). The van der Waals surface area contributed by atoms with E-state index in [-0.39, 0.29) is 0 Å². The number of aromatic nitrogens is 3. The van der Waals surface area contributed by atoms with Crippen LogP contribution in [-0.4, -0.2) is 14.5 Å². The molecule has 0 aliphatic rings. The Labute approximate surface area is 91.8 Å². The van der Waals surface area contributed by atoms with Crippen LogP contribution in [0, 0.1) is 18.3 Å². The molecule has 2 aromatic heterocycles. The number of aryl methyl sites for hydroxylation is 2. The monoisotopic (exact) mass is 218 g/mol. The van der Waals surface area contributed by atoms with Crippen molar-refractivity contribution in [2.75, 3.05) is 0 Å². The van der Waals surface area contributed by atoms with Crippen LogP contribution in [0.25, 0.3) is 10.7 Å². The third kappa shape index (κ3) is 1.64. The first-order chi connectivity index (χ1) is 7.26. The Bertz CT molecular complexity index is 518. The highest BCUT2D eigenvalue weighted by Crippen LogP contribution is 2.28. The molecule has 2 aromatic rings. The number of nitrogens with zero attached hydrogens (tertiary/aromatic N) is 4. The van der Waals surface area contributed by atoms with E-state index in [2.05, 4.69) is 23.0 Å². The van der Waals surface area contributed by atoms with Gasteiger partial charge in [0.1, 0.15) is 6.07 Å². The van der Waals surface area contributed by atoms with Gasteiger partial charge in [-0.25, -0.2) is 9.97 Å². The maximum Gasteiger partial charge on any atom is 0.195 e.